The molecule has 4 amide bonds. The van der Waals surface area contributed by atoms with Crippen molar-refractivity contribution in [2.24, 2.45) is 20.5 Å². The van der Waals surface area contributed by atoms with Crippen LogP contribution in [0.2, 0.25) is 30.1 Å². The van der Waals surface area contributed by atoms with E-state index in [2.05, 4.69) is 41.7 Å². The molecule has 0 aliphatic carbocycles. The summed E-state index contributed by atoms with van der Waals surface area (Å²) in [5.74, 6) is -4.48. The van der Waals surface area contributed by atoms with Gasteiger partial charge in [-0.15, -0.1) is 11.6 Å². The Morgan fingerprint density at radius 2 is 0.935 bits per heavy atom. The molecule has 318 valence electrons. The maximum atomic E-state index is 13.3. The highest BCUT2D eigenvalue weighted by Gasteiger charge is 2.26. The number of halogens is 7. The fraction of sp³-hybridized carbons (Fsp3) is 0.122. The number of alkyl halides is 1. The number of amides is 4. The number of hydrogen-bond donors (Lipinski definition) is 4. The standard InChI is InChI=1S/C41H29Cl7N8O6/c1-19(57)36(55-53-32-7-3-5-29(34(32)47)38(59)50-27-14-22(43)12-23(44)15-27)40(61)49-26-9-10-31(21(11-26)18-42)52-41(62)37(20(2)58)56-54-33-8-4-6-30(35(33)48)39(60)51-28-16-24(45)13-25(46)17-28/h3-17,36-37H,18H2,1-2H3,(H,49,61)(H,50,59)(H,51,60)(H,52,62). The Balaban J connectivity index is 1.26. The summed E-state index contributed by atoms with van der Waals surface area (Å²) in [4.78, 5) is 77.8. The van der Waals surface area contributed by atoms with Gasteiger partial charge < -0.3 is 21.3 Å². The number of carbonyl (C=O) groups excluding carboxylic acids is 6. The van der Waals surface area contributed by atoms with Gasteiger partial charge in [0, 0.05) is 48.7 Å². The Morgan fingerprint density at radius 3 is 1.34 bits per heavy atom. The Bertz CT molecular complexity index is 2640. The highest BCUT2D eigenvalue weighted by molar-refractivity contribution is 6.38. The van der Waals surface area contributed by atoms with E-state index in [-0.39, 0.29) is 49.8 Å². The molecule has 5 aromatic rings. The SMILES string of the molecule is CC(=O)C(N=Nc1cccc(C(=O)Nc2cc(Cl)cc(Cl)c2)c1Cl)C(=O)Nc1ccc(NC(=O)C(N=Nc2cccc(C(=O)Nc3cc(Cl)cc(Cl)c3)c2Cl)C(C)=O)c(CCl)c1. The molecule has 62 heavy (non-hydrogen) atoms. The number of rotatable bonds is 15. The molecule has 0 aliphatic heterocycles. The van der Waals surface area contributed by atoms with E-state index in [1.54, 1.807) is 0 Å². The third-order valence-electron chi connectivity index (χ3n) is 8.29. The van der Waals surface area contributed by atoms with Gasteiger partial charge in [0.1, 0.15) is 11.4 Å². The highest BCUT2D eigenvalue weighted by Crippen LogP contribution is 2.33. The fourth-order valence-electron chi connectivity index (χ4n) is 5.39. The van der Waals surface area contributed by atoms with Crippen LogP contribution in [-0.2, 0) is 25.1 Å². The Morgan fingerprint density at radius 1 is 0.516 bits per heavy atom. The largest absolute Gasteiger partial charge is 0.324 e. The molecule has 0 saturated heterocycles. The van der Waals surface area contributed by atoms with Crippen molar-refractivity contribution in [2.45, 2.75) is 31.8 Å². The third kappa shape index (κ3) is 12.6. The molecule has 2 atom stereocenters. The molecule has 4 N–H and O–H groups in total. The molecular weight excluding hydrogens is 949 g/mol. The molecule has 14 nitrogen and oxygen atoms in total. The van der Waals surface area contributed by atoms with Crippen LogP contribution in [0.15, 0.2) is 111 Å². The van der Waals surface area contributed by atoms with Crippen LogP contribution in [-0.4, -0.2) is 47.3 Å². The molecular formula is C41H29Cl7N8O6. The van der Waals surface area contributed by atoms with Gasteiger partial charge in [-0.05, 0) is 98.3 Å². The second kappa shape index (κ2) is 21.6. The summed E-state index contributed by atoms with van der Waals surface area (Å²) >= 11 is 43.3. The number of carbonyl (C=O) groups is 6. The topological polar surface area (TPSA) is 200 Å². The van der Waals surface area contributed by atoms with E-state index >= 15 is 0 Å². The second-order valence-electron chi connectivity index (χ2n) is 12.9. The van der Waals surface area contributed by atoms with Crippen molar-refractivity contribution in [1.82, 2.24) is 0 Å². The Kier molecular flexibility index (Phi) is 16.6. The molecule has 0 spiro atoms. The van der Waals surface area contributed by atoms with Crippen LogP contribution in [0.1, 0.15) is 40.1 Å². The van der Waals surface area contributed by atoms with Crippen molar-refractivity contribution in [3.8, 4) is 0 Å². The molecule has 5 rings (SSSR count). The first kappa shape index (κ1) is 47.6. The quantitative estimate of drug-likeness (QED) is 0.0457. The van der Waals surface area contributed by atoms with E-state index in [4.69, 9.17) is 81.2 Å². The van der Waals surface area contributed by atoms with E-state index in [1.165, 1.54) is 91.0 Å². The number of nitrogens with zero attached hydrogens (tertiary/aromatic N) is 4. The van der Waals surface area contributed by atoms with Gasteiger partial charge in [-0.1, -0.05) is 81.7 Å². The van der Waals surface area contributed by atoms with Gasteiger partial charge in [0.25, 0.3) is 23.6 Å². The predicted octanol–water partition coefficient (Wildman–Crippen LogP) is 12.2. The zero-order valence-corrected chi connectivity index (χ0v) is 37.2. The first-order valence-electron chi connectivity index (χ1n) is 17.7. The molecule has 0 saturated carbocycles. The maximum absolute atomic E-state index is 13.3. The predicted molar refractivity (Wildman–Crippen MR) is 243 cm³/mol. The number of anilines is 4. The minimum atomic E-state index is -1.65. The van der Waals surface area contributed by atoms with Crippen molar-refractivity contribution >= 4 is 151 Å². The number of hydrogen-bond acceptors (Lipinski definition) is 10. The first-order chi connectivity index (χ1) is 29.4. The highest BCUT2D eigenvalue weighted by atomic mass is 35.5. The van der Waals surface area contributed by atoms with Crippen molar-refractivity contribution in [2.75, 3.05) is 21.3 Å². The molecule has 0 aromatic heterocycles. The van der Waals surface area contributed by atoms with Crippen LogP contribution in [0.5, 0.6) is 0 Å². The van der Waals surface area contributed by atoms with Gasteiger partial charge in [-0.25, -0.2) is 0 Å². The van der Waals surface area contributed by atoms with Crippen LogP contribution in [0.4, 0.5) is 34.1 Å². The summed E-state index contributed by atoms with van der Waals surface area (Å²) in [5, 5.41) is 27.2. The van der Waals surface area contributed by atoms with Crippen molar-refractivity contribution in [1.29, 1.82) is 0 Å². The first-order valence-corrected chi connectivity index (χ1v) is 20.5. The molecule has 2 unspecified atom stereocenters. The van der Waals surface area contributed by atoms with Crippen molar-refractivity contribution < 1.29 is 28.8 Å². The number of nitrogens with one attached hydrogen (secondary N) is 4. The fourth-order valence-corrected chi connectivity index (χ4v) is 7.16. The van der Waals surface area contributed by atoms with Gasteiger partial charge >= 0.3 is 0 Å². The van der Waals surface area contributed by atoms with Crippen LogP contribution < -0.4 is 21.3 Å². The normalized spacial score (nSPS) is 12.1. The second-order valence-corrected chi connectivity index (χ2v) is 15.7. The lowest BCUT2D eigenvalue weighted by atomic mass is 10.1. The summed E-state index contributed by atoms with van der Waals surface area (Å²) in [7, 11) is 0. The summed E-state index contributed by atoms with van der Waals surface area (Å²) in [6.45, 7) is 2.27. The average Bonchev–Trinajstić information content (AvgIpc) is 3.18. The monoisotopic (exact) mass is 974 g/mol. The molecule has 0 fully saturated rings. The van der Waals surface area contributed by atoms with Gasteiger partial charge in [-0.2, -0.15) is 20.5 Å². The van der Waals surface area contributed by atoms with Crippen molar-refractivity contribution in [3.05, 3.63) is 138 Å². The van der Waals surface area contributed by atoms with E-state index in [0.717, 1.165) is 13.8 Å². The molecule has 0 heterocycles. The number of ketones is 2. The minimum Gasteiger partial charge on any atom is -0.324 e. The molecule has 21 heteroatoms. The maximum Gasteiger partial charge on any atom is 0.258 e. The molecule has 0 radical (unpaired) electrons. The van der Waals surface area contributed by atoms with E-state index in [0.29, 0.717) is 37.0 Å². The van der Waals surface area contributed by atoms with Crippen LogP contribution in [0, 0.1) is 0 Å². The van der Waals surface area contributed by atoms with Crippen molar-refractivity contribution in [3.63, 3.8) is 0 Å². The lowest BCUT2D eigenvalue weighted by molar-refractivity contribution is -0.127. The van der Waals surface area contributed by atoms with Gasteiger partial charge in [0.05, 0.1) is 21.2 Å². The smallest absolute Gasteiger partial charge is 0.258 e. The number of benzene rings is 5. The average molecular weight is 978 g/mol. The van der Waals surface area contributed by atoms with Crippen LogP contribution in [0.3, 0.4) is 0 Å². The molecule has 0 aliphatic rings. The zero-order chi connectivity index (χ0) is 45.2. The molecule has 0 bridgehead atoms. The Labute approximate surface area is 388 Å². The summed E-state index contributed by atoms with van der Waals surface area (Å²) in [5.41, 5.74) is 1.29. The van der Waals surface area contributed by atoms with Crippen LogP contribution >= 0.6 is 81.2 Å². The summed E-state index contributed by atoms with van der Waals surface area (Å²) in [6, 6.07) is 18.6. The Hall–Kier alpha value is -5.45. The number of Topliss-reactive ketones (excluding diaryl/α,β-unsaturated/α-hetero) is 2. The van der Waals surface area contributed by atoms with E-state index < -0.39 is 47.3 Å². The van der Waals surface area contributed by atoms with E-state index in [9.17, 15) is 28.8 Å². The summed E-state index contributed by atoms with van der Waals surface area (Å²) in [6.07, 6.45) is 0. The summed E-state index contributed by atoms with van der Waals surface area (Å²) < 4.78 is 0. The minimum absolute atomic E-state index is 0.00420. The van der Waals surface area contributed by atoms with Gasteiger partial charge in [-0.3, -0.25) is 28.8 Å². The lowest BCUT2D eigenvalue weighted by Crippen LogP contribution is -2.32. The third-order valence-corrected chi connectivity index (χ3v) is 10.2. The lowest BCUT2D eigenvalue weighted by Gasteiger charge is -2.15. The van der Waals surface area contributed by atoms with Gasteiger partial charge in [0.2, 0.25) is 12.1 Å². The number of azo groups is 2. The van der Waals surface area contributed by atoms with Gasteiger partial charge in [0.15, 0.2) is 11.6 Å². The molecule has 5 aromatic carbocycles. The van der Waals surface area contributed by atoms with Crippen LogP contribution in [0.25, 0.3) is 0 Å². The zero-order valence-electron chi connectivity index (χ0n) is 31.9. The van der Waals surface area contributed by atoms with E-state index in [1.807, 2.05) is 0 Å².